The molecular weight excluding hydrogens is 500 g/mol. The summed E-state index contributed by atoms with van der Waals surface area (Å²) in [5, 5.41) is 3.17. The first-order valence-corrected chi connectivity index (χ1v) is 13.2. The maximum Gasteiger partial charge on any atom is 0.337 e. The summed E-state index contributed by atoms with van der Waals surface area (Å²) in [4.78, 5) is 41.5. The number of para-hydroxylation sites is 2. The largest absolute Gasteiger partial charge is 0.485 e. The summed E-state index contributed by atoms with van der Waals surface area (Å²) in [6.45, 7) is 0.0393. The van der Waals surface area contributed by atoms with Gasteiger partial charge in [-0.25, -0.2) is 4.79 Å². The Morgan fingerprint density at radius 3 is 2.41 bits per heavy atom. The summed E-state index contributed by atoms with van der Waals surface area (Å²) in [6.07, 6.45) is 5.58. The van der Waals surface area contributed by atoms with Crippen molar-refractivity contribution in [2.24, 2.45) is 0 Å². The minimum Gasteiger partial charge on any atom is -0.485 e. The average molecular weight is 533 g/mol. The Kier molecular flexibility index (Phi) is 8.15. The summed E-state index contributed by atoms with van der Waals surface area (Å²) in [7, 11) is 1.31. The van der Waals surface area contributed by atoms with Gasteiger partial charge in [0.25, 0.3) is 5.91 Å². The van der Waals surface area contributed by atoms with Crippen LogP contribution in [0.5, 0.6) is 11.5 Å². The van der Waals surface area contributed by atoms with Gasteiger partial charge in [0.2, 0.25) is 12.0 Å². The number of benzene rings is 2. The predicted octanol–water partition coefficient (Wildman–Crippen LogP) is 4.43. The van der Waals surface area contributed by atoms with Gasteiger partial charge in [0, 0.05) is 6.04 Å². The highest BCUT2D eigenvalue weighted by Gasteiger charge is 2.39. The standard InChI is InChI=1S/C30H32N2O7/c1-36-30(35)21-15-13-20(14-16-21)27(28(33)31-22-8-3-2-4-9-22)32(18-23-10-7-17-37-23)29(34)26-19-38-24-11-5-6-12-25(24)39-26/h5-7,10-17,22,26-27H,2-4,8-9,18-19H2,1H3,(H,31,33)/t26-,27-/m0/s1. The lowest BCUT2D eigenvalue weighted by atomic mass is 9.94. The van der Waals surface area contributed by atoms with E-state index in [0.29, 0.717) is 28.4 Å². The number of nitrogens with zero attached hydrogens (tertiary/aromatic N) is 1. The lowest BCUT2D eigenvalue weighted by Crippen LogP contribution is -2.52. The van der Waals surface area contributed by atoms with Crippen molar-refractivity contribution in [2.75, 3.05) is 13.7 Å². The van der Waals surface area contributed by atoms with Crippen LogP contribution in [0.2, 0.25) is 0 Å². The molecule has 0 saturated heterocycles. The van der Waals surface area contributed by atoms with Crippen molar-refractivity contribution in [3.05, 3.63) is 83.8 Å². The number of methoxy groups -OCH3 is 1. The number of nitrogens with one attached hydrogen (secondary N) is 1. The lowest BCUT2D eigenvalue weighted by molar-refractivity contribution is -0.149. The van der Waals surface area contributed by atoms with Gasteiger partial charge in [-0.2, -0.15) is 0 Å². The van der Waals surface area contributed by atoms with Crippen LogP contribution in [0.1, 0.15) is 59.8 Å². The minimum absolute atomic E-state index is 0.00272. The van der Waals surface area contributed by atoms with Gasteiger partial charge in [0.15, 0.2) is 11.5 Å². The Morgan fingerprint density at radius 1 is 0.974 bits per heavy atom. The van der Waals surface area contributed by atoms with E-state index in [0.717, 1.165) is 32.1 Å². The third kappa shape index (κ3) is 6.08. The molecule has 5 rings (SSSR count). The van der Waals surface area contributed by atoms with Crippen molar-refractivity contribution in [1.29, 1.82) is 0 Å². The third-order valence-corrected chi connectivity index (χ3v) is 7.13. The Morgan fingerprint density at radius 2 is 1.72 bits per heavy atom. The molecule has 0 spiro atoms. The predicted molar refractivity (Wildman–Crippen MR) is 141 cm³/mol. The molecule has 0 radical (unpaired) electrons. The van der Waals surface area contributed by atoms with Crippen molar-refractivity contribution >= 4 is 17.8 Å². The highest BCUT2D eigenvalue weighted by molar-refractivity contribution is 5.92. The van der Waals surface area contributed by atoms with Crippen LogP contribution < -0.4 is 14.8 Å². The maximum atomic E-state index is 14.1. The second kappa shape index (κ2) is 12.1. The lowest BCUT2D eigenvalue weighted by Gasteiger charge is -2.36. The second-order valence-electron chi connectivity index (χ2n) is 9.77. The minimum atomic E-state index is -1.00. The van der Waals surface area contributed by atoms with Crippen LogP contribution in [-0.2, 0) is 20.9 Å². The molecule has 2 aliphatic rings. The molecule has 0 bridgehead atoms. The van der Waals surface area contributed by atoms with Crippen LogP contribution in [0, 0.1) is 0 Å². The molecule has 1 fully saturated rings. The molecule has 1 aliphatic heterocycles. The zero-order chi connectivity index (χ0) is 27.2. The monoisotopic (exact) mass is 532 g/mol. The van der Waals surface area contributed by atoms with Crippen molar-refractivity contribution in [3.63, 3.8) is 0 Å². The van der Waals surface area contributed by atoms with Crippen LogP contribution in [0.25, 0.3) is 0 Å². The maximum absolute atomic E-state index is 14.1. The zero-order valence-corrected chi connectivity index (χ0v) is 21.8. The van der Waals surface area contributed by atoms with E-state index < -0.39 is 24.0 Å². The molecule has 1 aromatic heterocycles. The molecule has 2 amide bonds. The smallest absolute Gasteiger partial charge is 0.337 e. The van der Waals surface area contributed by atoms with Gasteiger partial charge in [0.05, 0.1) is 25.5 Å². The first-order chi connectivity index (χ1) is 19.0. The fraction of sp³-hybridized carbons (Fsp3) is 0.367. The third-order valence-electron chi connectivity index (χ3n) is 7.13. The van der Waals surface area contributed by atoms with E-state index in [9.17, 15) is 14.4 Å². The first kappa shape index (κ1) is 26.3. The van der Waals surface area contributed by atoms with Crippen molar-refractivity contribution in [3.8, 4) is 11.5 Å². The fourth-order valence-corrected chi connectivity index (χ4v) is 5.11. The number of fused-ring (bicyclic) bond motifs is 1. The number of hydrogen-bond acceptors (Lipinski definition) is 7. The van der Waals surface area contributed by atoms with E-state index in [4.69, 9.17) is 18.6 Å². The van der Waals surface area contributed by atoms with Crippen LogP contribution in [-0.4, -0.2) is 48.5 Å². The average Bonchev–Trinajstić information content (AvgIpc) is 3.50. The summed E-state index contributed by atoms with van der Waals surface area (Å²) in [5.41, 5.74) is 0.894. The Balaban J connectivity index is 1.49. The summed E-state index contributed by atoms with van der Waals surface area (Å²) < 4.78 is 22.3. The molecule has 2 atom stereocenters. The van der Waals surface area contributed by atoms with E-state index in [2.05, 4.69) is 5.32 Å². The van der Waals surface area contributed by atoms with Crippen LogP contribution in [0.4, 0.5) is 0 Å². The van der Waals surface area contributed by atoms with Gasteiger partial charge in [-0.15, -0.1) is 0 Å². The van der Waals surface area contributed by atoms with Gasteiger partial charge < -0.3 is 28.8 Å². The molecule has 9 nitrogen and oxygen atoms in total. The highest BCUT2D eigenvalue weighted by atomic mass is 16.6. The zero-order valence-electron chi connectivity index (χ0n) is 21.8. The molecule has 3 aromatic rings. The van der Waals surface area contributed by atoms with Crippen molar-refractivity contribution < 1.29 is 33.0 Å². The van der Waals surface area contributed by atoms with Gasteiger partial charge in [-0.05, 0) is 54.8 Å². The number of carbonyl (C=O) groups excluding carboxylic acids is 3. The highest BCUT2D eigenvalue weighted by Crippen LogP contribution is 2.33. The number of hydrogen-bond donors (Lipinski definition) is 1. The molecule has 2 aromatic carbocycles. The second-order valence-corrected chi connectivity index (χ2v) is 9.77. The van der Waals surface area contributed by atoms with E-state index in [1.165, 1.54) is 18.3 Å². The van der Waals surface area contributed by atoms with E-state index >= 15 is 0 Å². The number of carbonyl (C=O) groups is 3. The molecule has 2 heterocycles. The molecular formula is C30H32N2O7. The molecule has 204 valence electrons. The number of rotatable bonds is 8. The Hall–Kier alpha value is -4.27. The number of esters is 1. The number of furan rings is 1. The Labute approximate surface area is 227 Å². The summed E-state index contributed by atoms with van der Waals surface area (Å²) in [5.74, 6) is 0.336. The quantitative estimate of drug-likeness (QED) is 0.428. The van der Waals surface area contributed by atoms with Crippen LogP contribution in [0.3, 0.4) is 0 Å². The van der Waals surface area contributed by atoms with Gasteiger partial charge in [-0.1, -0.05) is 43.5 Å². The molecule has 1 aliphatic carbocycles. The number of amides is 2. The molecule has 39 heavy (non-hydrogen) atoms. The van der Waals surface area contributed by atoms with E-state index in [-0.39, 0.29) is 25.1 Å². The van der Waals surface area contributed by atoms with Crippen LogP contribution in [0.15, 0.2) is 71.3 Å². The first-order valence-electron chi connectivity index (χ1n) is 13.2. The SMILES string of the molecule is COC(=O)c1ccc([C@@H](C(=O)NC2CCCCC2)N(Cc2ccco2)C(=O)[C@@H]2COc3ccccc3O2)cc1. The number of ether oxygens (including phenoxy) is 3. The van der Waals surface area contributed by atoms with Crippen molar-refractivity contribution in [1.82, 2.24) is 10.2 Å². The fourth-order valence-electron chi connectivity index (χ4n) is 5.11. The van der Waals surface area contributed by atoms with Crippen molar-refractivity contribution in [2.45, 2.75) is 56.8 Å². The Bertz CT molecular complexity index is 1280. The summed E-state index contributed by atoms with van der Waals surface area (Å²) >= 11 is 0. The van der Waals surface area contributed by atoms with Gasteiger partial charge >= 0.3 is 5.97 Å². The van der Waals surface area contributed by atoms with Gasteiger partial charge in [0.1, 0.15) is 18.4 Å². The molecule has 9 heteroatoms. The topological polar surface area (TPSA) is 107 Å². The molecule has 1 N–H and O–H groups in total. The van der Waals surface area contributed by atoms with E-state index in [1.54, 1.807) is 54.6 Å². The normalized spacial score (nSPS) is 17.6. The van der Waals surface area contributed by atoms with Crippen LogP contribution >= 0.6 is 0 Å². The summed E-state index contributed by atoms with van der Waals surface area (Å²) in [6, 6.07) is 16.2. The van der Waals surface area contributed by atoms with E-state index in [1.807, 2.05) is 6.07 Å². The molecule has 0 unspecified atom stereocenters. The molecule has 1 saturated carbocycles. The van der Waals surface area contributed by atoms with Gasteiger partial charge in [-0.3, -0.25) is 9.59 Å².